The molecule has 1 N–H and O–H groups in total. The number of aromatic hydroxyl groups is 1. The molecule has 0 unspecified atom stereocenters. The van der Waals surface area contributed by atoms with Crippen molar-refractivity contribution in [2.75, 3.05) is 4.90 Å². The second kappa shape index (κ2) is 8.91. The number of ketones is 2. The van der Waals surface area contributed by atoms with Crippen molar-refractivity contribution in [2.45, 2.75) is 32.1 Å². The number of hydrogen-bond donors (Lipinski definition) is 1. The molecule has 4 atom stereocenters. The van der Waals surface area contributed by atoms with Crippen molar-refractivity contribution >= 4 is 29.1 Å². The fraction of sp³-hybridized carbons (Fsp3) is 0.250. The standard InChI is InChI=1S/C32H27NO5/c1-3-8-18-9-7-12-21(30(18)36)26-20-13-14-22-27(32(38)33(31(22)37)19-10-5-4-6-11-19)23(20)16-24-25(34)15-17(2)29(35)28(24)26/h3-7,9-13,15,22-23,26-27,36H,1,8,14,16H2,2H3/t22-,23+,26+,27-/m0/s1. The lowest BCUT2D eigenvalue weighted by atomic mass is 9.59. The van der Waals surface area contributed by atoms with Gasteiger partial charge in [0.15, 0.2) is 11.6 Å². The highest BCUT2D eigenvalue weighted by molar-refractivity contribution is 6.25. The highest BCUT2D eigenvalue weighted by Gasteiger charge is 2.56. The number of benzene rings is 2. The Labute approximate surface area is 220 Å². The number of Topliss-reactive ketones (excluding diaryl/α,β-unsaturated/α-hetero) is 1. The third-order valence-corrected chi connectivity index (χ3v) is 8.41. The van der Waals surface area contributed by atoms with Crippen molar-refractivity contribution in [1.29, 1.82) is 0 Å². The van der Waals surface area contributed by atoms with Crippen molar-refractivity contribution in [3.05, 3.63) is 107 Å². The number of para-hydroxylation sites is 2. The maximum atomic E-state index is 13.9. The number of rotatable bonds is 4. The first-order valence-electron chi connectivity index (χ1n) is 12.9. The molecule has 2 amide bonds. The molecule has 4 aliphatic rings. The number of phenols is 1. The lowest BCUT2D eigenvalue weighted by Crippen LogP contribution is -2.39. The van der Waals surface area contributed by atoms with Crippen molar-refractivity contribution in [1.82, 2.24) is 0 Å². The summed E-state index contributed by atoms with van der Waals surface area (Å²) in [6.07, 6.45) is 6.02. The lowest BCUT2D eigenvalue weighted by molar-refractivity contribution is -0.123. The van der Waals surface area contributed by atoms with Crippen LogP contribution in [0.3, 0.4) is 0 Å². The van der Waals surface area contributed by atoms with Gasteiger partial charge in [0.25, 0.3) is 0 Å². The number of imide groups is 1. The van der Waals surface area contributed by atoms with E-state index in [-0.39, 0.29) is 35.6 Å². The molecule has 6 rings (SSSR count). The van der Waals surface area contributed by atoms with E-state index < -0.39 is 23.7 Å². The zero-order valence-corrected chi connectivity index (χ0v) is 21.0. The SMILES string of the molecule is C=CCc1cccc([C@H]2C3=CC[C@@H]4C(=O)N(c5ccccc5)C(=O)[C@@H]4[C@@H]3CC3=C2C(=O)C(C)=CC3=O)c1O. The summed E-state index contributed by atoms with van der Waals surface area (Å²) in [5, 5.41) is 11.3. The summed E-state index contributed by atoms with van der Waals surface area (Å²) in [6.45, 7) is 5.40. The summed E-state index contributed by atoms with van der Waals surface area (Å²) in [4.78, 5) is 55.4. The van der Waals surface area contributed by atoms with E-state index in [1.54, 1.807) is 49.4 Å². The summed E-state index contributed by atoms with van der Waals surface area (Å²) in [5.41, 5.74) is 3.65. The van der Waals surface area contributed by atoms with Gasteiger partial charge in [-0.1, -0.05) is 54.1 Å². The molecule has 1 saturated heterocycles. The highest BCUT2D eigenvalue weighted by atomic mass is 16.3. The third-order valence-electron chi connectivity index (χ3n) is 8.41. The predicted molar refractivity (Wildman–Crippen MR) is 142 cm³/mol. The van der Waals surface area contributed by atoms with Gasteiger partial charge in [0.1, 0.15) is 5.75 Å². The molecule has 38 heavy (non-hydrogen) atoms. The highest BCUT2D eigenvalue weighted by Crippen LogP contribution is 2.56. The molecule has 0 aromatic heterocycles. The van der Waals surface area contributed by atoms with Crippen LogP contribution in [0.4, 0.5) is 5.69 Å². The number of fused-ring (bicyclic) bond motifs is 3. The Bertz CT molecular complexity index is 1530. The Morgan fingerprint density at radius 3 is 2.50 bits per heavy atom. The van der Waals surface area contributed by atoms with Crippen LogP contribution in [0.1, 0.15) is 36.8 Å². The minimum Gasteiger partial charge on any atom is -0.507 e. The zero-order valence-electron chi connectivity index (χ0n) is 21.0. The molecule has 6 nitrogen and oxygen atoms in total. The van der Waals surface area contributed by atoms with Gasteiger partial charge in [0, 0.05) is 28.2 Å². The fourth-order valence-corrected chi connectivity index (χ4v) is 6.71. The number of amides is 2. The zero-order chi connectivity index (χ0) is 26.7. The monoisotopic (exact) mass is 505 g/mol. The number of anilines is 1. The number of carbonyl (C=O) groups is 4. The molecule has 0 spiro atoms. The first kappa shape index (κ1) is 24.0. The maximum Gasteiger partial charge on any atom is 0.238 e. The van der Waals surface area contributed by atoms with Gasteiger partial charge in [-0.15, -0.1) is 6.58 Å². The molecule has 0 bridgehead atoms. The summed E-state index contributed by atoms with van der Waals surface area (Å²) in [7, 11) is 0. The van der Waals surface area contributed by atoms with Gasteiger partial charge in [-0.25, -0.2) is 0 Å². The largest absolute Gasteiger partial charge is 0.507 e. The number of phenolic OH excluding ortho intramolecular Hbond substituents is 1. The normalized spacial score (nSPS) is 26.5. The molecule has 0 radical (unpaired) electrons. The molecule has 1 fully saturated rings. The van der Waals surface area contributed by atoms with Gasteiger partial charge < -0.3 is 5.11 Å². The van der Waals surface area contributed by atoms with Crippen LogP contribution in [0.15, 0.2) is 95.6 Å². The molecule has 6 heteroatoms. The van der Waals surface area contributed by atoms with Crippen molar-refractivity contribution in [2.24, 2.45) is 17.8 Å². The molecule has 190 valence electrons. The quantitative estimate of drug-likeness (QED) is 0.368. The van der Waals surface area contributed by atoms with E-state index in [0.717, 1.165) is 5.57 Å². The number of hydrogen-bond acceptors (Lipinski definition) is 5. The van der Waals surface area contributed by atoms with Gasteiger partial charge in [-0.3, -0.25) is 24.1 Å². The van der Waals surface area contributed by atoms with E-state index in [1.807, 2.05) is 18.2 Å². The van der Waals surface area contributed by atoms with Crippen LogP contribution < -0.4 is 4.90 Å². The van der Waals surface area contributed by atoms with Gasteiger partial charge in [0.2, 0.25) is 11.8 Å². The van der Waals surface area contributed by atoms with Gasteiger partial charge in [-0.05, 0) is 55.9 Å². The summed E-state index contributed by atoms with van der Waals surface area (Å²) >= 11 is 0. The first-order valence-corrected chi connectivity index (χ1v) is 12.9. The van der Waals surface area contributed by atoms with E-state index in [0.29, 0.717) is 46.4 Å². The minimum atomic E-state index is -0.678. The Kier molecular flexibility index (Phi) is 5.64. The third kappa shape index (κ3) is 3.40. The van der Waals surface area contributed by atoms with Crippen LogP contribution in [0, 0.1) is 17.8 Å². The molecule has 2 aromatic rings. The Morgan fingerprint density at radius 2 is 1.76 bits per heavy atom. The van der Waals surface area contributed by atoms with E-state index >= 15 is 0 Å². The Morgan fingerprint density at radius 1 is 1.00 bits per heavy atom. The van der Waals surface area contributed by atoms with Crippen LogP contribution in [-0.4, -0.2) is 28.5 Å². The van der Waals surface area contributed by atoms with Crippen LogP contribution in [0.5, 0.6) is 5.75 Å². The average molecular weight is 506 g/mol. The molecule has 1 heterocycles. The van der Waals surface area contributed by atoms with Crippen molar-refractivity contribution in [3.63, 3.8) is 0 Å². The number of carbonyl (C=O) groups excluding carboxylic acids is 4. The molecule has 0 saturated carbocycles. The smallest absolute Gasteiger partial charge is 0.238 e. The van der Waals surface area contributed by atoms with E-state index in [1.165, 1.54) is 11.0 Å². The second-order valence-corrected chi connectivity index (χ2v) is 10.4. The average Bonchev–Trinajstić information content (AvgIpc) is 3.18. The Balaban J connectivity index is 1.52. The molecular formula is C32H27NO5. The molecule has 2 aromatic carbocycles. The van der Waals surface area contributed by atoms with Crippen molar-refractivity contribution < 1.29 is 24.3 Å². The second-order valence-electron chi connectivity index (χ2n) is 10.4. The maximum absolute atomic E-state index is 13.9. The van der Waals surface area contributed by atoms with Gasteiger partial charge >= 0.3 is 0 Å². The molecule has 3 aliphatic carbocycles. The summed E-state index contributed by atoms with van der Waals surface area (Å²) in [5.74, 6) is -3.23. The van der Waals surface area contributed by atoms with E-state index in [9.17, 15) is 24.3 Å². The van der Waals surface area contributed by atoms with Crippen LogP contribution >= 0.6 is 0 Å². The number of allylic oxidation sites excluding steroid dienone is 7. The summed E-state index contributed by atoms with van der Waals surface area (Å²) < 4.78 is 0. The van der Waals surface area contributed by atoms with Crippen LogP contribution in [0.2, 0.25) is 0 Å². The van der Waals surface area contributed by atoms with Crippen molar-refractivity contribution in [3.8, 4) is 5.75 Å². The fourth-order valence-electron chi connectivity index (χ4n) is 6.71. The van der Waals surface area contributed by atoms with Crippen LogP contribution in [0.25, 0.3) is 0 Å². The topological polar surface area (TPSA) is 91.8 Å². The van der Waals surface area contributed by atoms with Gasteiger partial charge in [0.05, 0.1) is 17.5 Å². The number of nitrogens with zero attached hydrogens (tertiary/aromatic N) is 1. The van der Waals surface area contributed by atoms with Crippen LogP contribution in [-0.2, 0) is 25.6 Å². The Hall–Kier alpha value is -4.32. The lowest BCUT2D eigenvalue weighted by Gasteiger charge is -2.42. The first-order chi connectivity index (χ1) is 18.3. The molecular weight excluding hydrogens is 478 g/mol. The minimum absolute atomic E-state index is 0.0557. The predicted octanol–water partition coefficient (Wildman–Crippen LogP) is 4.75. The van der Waals surface area contributed by atoms with E-state index in [4.69, 9.17) is 0 Å². The summed E-state index contributed by atoms with van der Waals surface area (Å²) in [6, 6.07) is 14.3. The molecule has 1 aliphatic heterocycles. The van der Waals surface area contributed by atoms with Gasteiger partial charge in [-0.2, -0.15) is 0 Å². The van der Waals surface area contributed by atoms with E-state index in [2.05, 4.69) is 6.58 Å².